The molecule has 8 heteroatoms. The molecule has 8 nitrogen and oxygen atoms in total. The van der Waals surface area contributed by atoms with Gasteiger partial charge in [-0.25, -0.2) is 4.98 Å². The fraction of sp³-hybridized carbons (Fsp3) is 0.429. The summed E-state index contributed by atoms with van der Waals surface area (Å²) in [6, 6.07) is 2.56. The first kappa shape index (κ1) is 14.5. The summed E-state index contributed by atoms with van der Waals surface area (Å²) in [6.45, 7) is 4.55. The van der Waals surface area contributed by atoms with Crippen molar-refractivity contribution in [2.75, 3.05) is 19.8 Å². The number of nitrogens with one attached hydrogen (secondary N) is 1. The van der Waals surface area contributed by atoms with E-state index in [0.717, 1.165) is 0 Å². The van der Waals surface area contributed by atoms with E-state index in [0.29, 0.717) is 37.0 Å². The minimum absolute atomic E-state index is 0.242. The lowest BCUT2D eigenvalue weighted by Gasteiger charge is -2.34. The third-order valence-electron chi connectivity index (χ3n) is 3.46. The van der Waals surface area contributed by atoms with Crippen molar-refractivity contribution in [3.8, 4) is 0 Å². The van der Waals surface area contributed by atoms with Crippen molar-refractivity contribution in [2.24, 2.45) is 0 Å². The zero-order valence-corrected chi connectivity index (χ0v) is 12.3. The first-order valence-corrected chi connectivity index (χ1v) is 6.94. The van der Waals surface area contributed by atoms with Crippen LogP contribution in [0.5, 0.6) is 0 Å². The van der Waals surface area contributed by atoms with Crippen molar-refractivity contribution in [3.05, 3.63) is 45.5 Å². The van der Waals surface area contributed by atoms with Crippen molar-refractivity contribution in [3.63, 3.8) is 0 Å². The third-order valence-corrected chi connectivity index (χ3v) is 3.46. The van der Waals surface area contributed by atoms with Crippen LogP contribution in [0.1, 0.15) is 33.8 Å². The molecule has 2 aromatic heterocycles. The summed E-state index contributed by atoms with van der Waals surface area (Å²) in [7, 11) is 0. The fourth-order valence-electron chi connectivity index (χ4n) is 2.48. The molecule has 0 unspecified atom stereocenters. The van der Waals surface area contributed by atoms with Gasteiger partial charge in [0.2, 0.25) is 0 Å². The summed E-state index contributed by atoms with van der Waals surface area (Å²) in [5, 5.41) is 3.76. The Morgan fingerprint density at radius 1 is 1.41 bits per heavy atom. The van der Waals surface area contributed by atoms with Crippen molar-refractivity contribution in [2.45, 2.75) is 19.9 Å². The molecule has 2 aromatic rings. The van der Waals surface area contributed by atoms with E-state index in [9.17, 15) is 9.59 Å². The van der Waals surface area contributed by atoms with E-state index in [1.807, 2.05) is 0 Å². The number of rotatable bonds is 2. The molecular formula is C14H16N4O4. The van der Waals surface area contributed by atoms with Crippen LogP contribution in [0.25, 0.3) is 0 Å². The molecule has 1 aliphatic heterocycles. The van der Waals surface area contributed by atoms with E-state index in [1.165, 1.54) is 6.07 Å². The average molecular weight is 304 g/mol. The highest BCUT2D eigenvalue weighted by molar-refractivity contribution is 5.92. The number of amides is 1. The van der Waals surface area contributed by atoms with E-state index in [4.69, 9.17) is 9.26 Å². The number of aryl methyl sites for hydroxylation is 2. The molecule has 0 bridgehead atoms. The van der Waals surface area contributed by atoms with Crippen LogP contribution in [0, 0.1) is 13.8 Å². The number of hydrogen-bond donors (Lipinski definition) is 1. The van der Waals surface area contributed by atoms with Gasteiger partial charge in [-0.05, 0) is 13.8 Å². The lowest BCUT2D eigenvalue weighted by atomic mass is 10.1. The van der Waals surface area contributed by atoms with Crippen molar-refractivity contribution in [1.29, 1.82) is 0 Å². The summed E-state index contributed by atoms with van der Waals surface area (Å²) in [5.74, 6) is 0.806. The molecular weight excluding hydrogens is 288 g/mol. The van der Waals surface area contributed by atoms with Crippen LogP contribution in [0.15, 0.2) is 21.5 Å². The molecule has 116 valence electrons. The van der Waals surface area contributed by atoms with Gasteiger partial charge in [0.1, 0.15) is 11.6 Å². The molecule has 0 aromatic carbocycles. The molecule has 1 N–H and O–H groups in total. The number of aromatic amines is 1. The minimum atomic E-state index is -0.417. The molecule has 0 saturated carbocycles. The lowest BCUT2D eigenvalue weighted by Crippen LogP contribution is -2.44. The highest BCUT2D eigenvalue weighted by atomic mass is 16.5. The smallest absolute Gasteiger partial charge is 0.276 e. The summed E-state index contributed by atoms with van der Waals surface area (Å²) in [6.07, 6.45) is 0. The Morgan fingerprint density at radius 3 is 2.91 bits per heavy atom. The Bertz CT molecular complexity index is 751. The summed E-state index contributed by atoms with van der Waals surface area (Å²) in [4.78, 5) is 32.8. The van der Waals surface area contributed by atoms with E-state index >= 15 is 0 Å². The molecule has 0 aliphatic carbocycles. The molecule has 3 rings (SSSR count). The van der Waals surface area contributed by atoms with Gasteiger partial charge in [0.25, 0.3) is 11.5 Å². The van der Waals surface area contributed by atoms with Crippen molar-refractivity contribution < 1.29 is 14.1 Å². The van der Waals surface area contributed by atoms with Crippen LogP contribution < -0.4 is 5.56 Å². The molecule has 1 atom stereocenters. The standard InChI is InChI=1S/C14H16N4O4/c1-8-5-11(17-22-8)14(20)18-3-4-21-7-12(18)10-6-13(19)16-9(2)15-10/h5-6,12H,3-4,7H2,1-2H3,(H,15,16,19)/t12-/m0/s1. The first-order chi connectivity index (χ1) is 10.5. The summed E-state index contributed by atoms with van der Waals surface area (Å²) >= 11 is 0. The molecule has 1 amide bonds. The quantitative estimate of drug-likeness (QED) is 0.871. The summed E-state index contributed by atoms with van der Waals surface area (Å²) in [5.41, 5.74) is 0.498. The van der Waals surface area contributed by atoms with Crippen LogP contribution in [-0.4, -0.2) is 45.7 Å². The third kappa shape index (κ3) is 2.77. The number of nitrogens with zero attached hydrogens (tertiary/aromatic N) is 3. The van der Waals surface area contributed by atoms with Gasteiger partial charge in [-0.15, -0.1) is 0 Å². The zero-order chi connectivity index (χ0) is 15.7. The van der Waals surface area contributed by atoms with Gasteiger partial charge in [0.15, 0.2) is 5.69 Å². The molecule has 0 spiro atoms. The van der Waals surface area contributed by atoms with Crippen molar-refractivity contribution in [1.82, 2.24) is 20.0 Å². The second kappa shape index (κ2) is 5.72. The van der Waals surface area contributed by atoms with Crippen LogP contribution in [0.4, 0.5) is 0 Å². The molecule has 0 radical (unpaired) electrons. The normalized spacial score (nSPS) is 18.5. The summed E-state index contributed by atoms with van der Waals surface area (Å²) < 4.78 is 10.4. The van der Waals surface area contributed by atoms with Gasteiger partial charge >= 0.3 is 0 Å². The Morgan fingerprint density at radius 2 is 2.23 bits per heavy atom. The molecule has 22 heavy (non-hydrogen) atoms. The number of hydrogen-bond acceptors (Lipinski definition) is 6. The van der Waals surface area contributed by atoms with Crippen LogP contribution >= 0.6 is 0 Å². The van der Waals surface area contributed by atoms with E-state index < -0.39 is 6.04 Å². The highest BCUT2D eigenvalue weighted by Gasteiger charge is 2.32. The number of H-pyrrole nitrogens is 1. The fourth-order valence-corrected chi connectivity index (χ4v) is 2.48. The topological polar surface area (TPSA) is 101 Å². The Kier molecular flexibility index (Phi) is 3.76. The highest BCUT2D eigenvalue weighted by Crippen LogP contribution is 2.24. The number of morpholine rings is 1. The van der Waals surface area contributed by atoms with Gasteiger partial charge in [-0.2, -0.15) is 0 Å². The van der Waals surface area contributed by atoms with Crippen molar-refractivity contribution >= 4 is 5.91 Å². The van der Waals surface area contributed by atoms with Gasteiger partial charge in [-0.1, -0.05) is 5.16 Å². The van der Waals surface area contributed by atoms with Crippen LogP contribution in [0.2, 0.25) is 0 Å². The average Bonchev–Trinajstić information content (AvgIpc) is 2.92. The molecule has 3 heterocycles. The van der Waals surface area contributed by atoms with E-state index in [2.05, 4.69) is 15.1 Å². The predicted molar refractivity (Wildman–Crippen MR) is 75.4 cm³/mol. The van der Waals surface area contributed by atoms with Gasteiger partial charge in [-0.3, -0.25) is 9.59 Å². The maximum absolute atomic E-state index is 12.6. The first-order valence-electron chi connectivity index (χ1n) is 6.94. The van der Waals surface area contributed by atoms with Gasteiger partial charge in [0, 0.05) is 18.7 Å². The zero-order valence-electron chi connectivity index (χ0n) is 12.3. The Balaban J connectivity index is 1.94. The van der Waals surface area contributed by atoms with Crippen LogP contribution in [0.3, 0.4) is 0 Å². The van der Waals surface area contributed by atoms with E-state index in [-0.39, 0.29) is 17.2 Å². The van der Waals surface area contributed by atoms with E-state index in [1.54, 1.807) is 24.8 Å². The monoisotopic (exact) mass is 304 g/mol. The molecule has 1 aliphatic rings. The van der Waals surface area contributed by atoms with Gasteiger partial charge in [0.05, 0.1) is 24.9 Å². The largest absolute Gasteiger partial charge is 0.377 e. The number of carbonyl (C=O) groups excluding carboxylic acids is 1. The Labute approximate surface area is 126 Å². The Hall–Kier alpha value is -2.48. The molecule has 1 saturated heterocycles. The predicted octanol–water partition coefficient (Wildman–Crippen LogP) is 0.588. The second-order valence-electron chi connectivity index (χ2n) is 5.17. The lowest BCUT2D eigenvalue weighted by molar-refractivity contribution is -0.00451. The van der Waals surface area contributed by atoms with Gasteiger partial charge < -0.3 is 19.1 Å². The SMILES string of the molecule is Cc1nc([C@@H]2COCCN2C(=O)c2cc(C)on2)cc(=O)[nH]1. The maximum atomic E-state index is 12.6. The maximum Gasteiger partial charge on any atom is 0.276 e. The van der Waals surface area contributed by atoms with Crippen LogP contribution in [-0.2, 0) is 4.74 Å². The second-order valence-corrected chi connectivity index (χ2v) is 5.17. The number of aromatic nitrogens is 3. The number of ether oxygens (including phenoxy) is 1. The number of carbonyl (C=O) groups is 1. The molecule has 1 fully saturated rings. The minimum Gasteiger partial charge on any atom is -0.377 e.